The smallest absolute Gasteiger partial charge is 0.320 e. The zero-order valence-electron chi connectivity index (χ0n) is 10.4. The highest BCUT2D eigenvalue weighted by molar-refractivity contribution is 5.80. The van der Waals surface area contributed by atoms with E-state index in [0.29, 0.717) is 6.67 Å². The highest BCUT2D eigenvalue weighted by Crippen LogP contribution is 2.15. The quantitative estimate of drug-likeness (QED) is 0.779. The normalized spacial score (nSPS) is 10.5. The summed E-state index contributed by atoms with van der Waals surface area (Å²) in [5, 5.41) is 1.19. The Morgan fingerprint density at radius 1 is 1.18 bits per heavy atom. The summed E-state index contributed by atoms with van der Waals surface area (Å²) < 4.78 is 2.07. The Morgan fingerprint density at radius 3 is 2.59 bits per heavy atom. The molecular formula is C13H17N3O. The Morgan fingerprint density at radius 2 is 1.88 bits per heavy atom. The summed E-state index contributed by atoms with van der Waals surface area (Å²) in [5.41, 5.74) is 1.14. The highest BCUT2D eigenvalue weighted by atomic mass is 16.2. The second-order valence-electron chi connectivity index (χ2n) is 4.36. The maximum atomic E-state index is 11.7. The lowest BCUT2D eigenvalue weighted by atomic mass is 10.2. The van der Waals surface area contributed by atoms with Gasteiger partial charge in [-0.05, 0) is 17.5 Å². The van der Waals surface area contributed by atoms with Crippen LogP contribution in [-0.2, 0) is 6.67 Å². The molecule has 0 N–H and O–H groups in total. The van der Waals surface area contributed by atoms with Gasteiger partial charge in [-0.1, -0.05) is 18.2 Å². The Labute approximate surface area is 101 Å². The third-order valence-electron chi connectivity index (χ3n) is 2.75. The van der Waals surface area contributed by atoms with E-state index in [2.05, 4.69) is 22.8 Å². The van der Waals surface area contributed by atoms with Crippen LogP contribution in [0.25, 0.3) is 10.9 Å². The topological polar surface area (TPSA) is 28.5 Å². The van der Waals surface area contributed by atoms with E-state index in [0.717, 1.165) is 5.52 Å². The minimum absolute atomic E-state index is 0.00258. The molecule has 0 saturated carbocycles. The first-order chi connectivity index (χ1) is 8.09. The zero-order chi connectivity index (χ0) is 12.4. The number of benzene rings is 1. The average Bonchev–Trinajstić information content (AvgIpc) is 2.71. The number of carbonyl (C=O) groups excluding carboxylic acids is 1. The highest BCUT2D eigenvalue weighted by Gasteiger charge is 2.11. The molecule has 2 aromatic rings. The molecule has 0 bridgehead atoms. The van der Waals surface area contributed by atoms with Gasteiger partial charge < -0.3 is 14.4 Å². The SMILES string of the molecule is CN(C)C(=O)N(C)Cn1ccc2ccccc21. The van der Waals surface area contributed by atoms with Gasteiger partial charge >= 0.3 is 6.03 Å². The third kappa shape index (κ3) is 2.25. The second kappa shape index (κ2) is 4.49. The largest absolute Gasteiger partial charge is 0.331 e. The van der Waals surface area contributed by atoms with Crippen molar-refractivity contribution in [3.63, 3.8) is 0 Å². The number of nitrogens with zero attached hydrogens (tertiary/aromatic N) is 3. The fourth-order valence-corrected chi connectivity index (χ4v) is 1.89. The number of amides is 2. The second-order valence-corrected chi connectivity index (χ2v) is 4.36. The van der Waals surface area contributed by atoms with Gasteiger partial charge in [0.25, 0.3) is 0 Å². The first-order valence-electron chi connectivity index (χ1n) is 5.56. The molecule has 0 saturated heterocycles. The van der Waals surface area contributed by atoms with Gasteiger partial charge in [0.2, 0.25) is 0 Å². The first kappa shape index (κ1) is 11.5. The molecule has 1 heterocycles. The van der Waals surface area contributed by atoms with Gasteiger partial charge in [0.05, 0.1) is 6.67 Å². The van der Waals surface area contributed by atoms with E-state index in [1.807, 2.05) is 18.3 Å². The van der Waals surface area contributed by atoms with Crippen molar-refractivity contribution in [2.75, 3.05) is 21.1 Å². The molecule has 0 spiro atoms. The number of hydrogen-bond acceptors (Lipinski definition) is 1. The summed E-state index contributed by atoms with van der Waals surface area (Å²) >= 11 is 0. The van der Waals surface area contributed by atoms with Crippen molar-refractivity contribution in [2.24, 2.45) is 0 Å². The maximum absolute atomic E-state index is 11.7. The predicted molar refractivity (Wildman–Crippen MR) is 68.8 cm³/mol. The molecule has 0 fully saturated rings. The van der Waals surface area contributed by atoms with E-state index in [4.69, 9.17) is 0 Å². The van der Waals surface area contributed by atoms with Crippen LogP contribution < -0.4 is 0 Å². The summed E-state index contributed by atoms with van der Waals surface area (Å²) in [4.78, 5) is 15.0. The van der Waals surface area contributed by atoms with Crippen LogP contribution in [0, 0.1) is 0 Å². The molecule has 1 aromatic carbocycles. The van der Waals surface area contributed by atoms with E-state index >= 15 is 0 Å². The third-order valence-corrected chi connectivity index (χ3v) is 2.75. The van der Waals surface area contributed by atoms with Crippen LogP contribution in [0.15, 0.2) is 36.5 Å². The minimum atomic E-state index is 0.00258. The van der Waals surface area contributed by atoms with E-state index in [-0.39, 0.29) is 6.03 Å². The van der Waals surface area contributed by atoms with Crippen molar-refractivity contribution < 1.29 is 4.79 Å². The summed E-state index contributed by atoms with van der Waals surface area (Å²) in [5.74, 6) is 0. The Hall–Kier alpha value is -1.97. The van der Waals surface area contributed by atoms with Crippen molar-refractivity contribution in [3.05, 3.63) is 36.5 Å². The van der Waals surface area contributed by atoms with Crippen LogP contribution >= 0.6 is 0 Å². The lowest BCUT2D eigenvalue weighted by Gasteiger charge is -2.22. The molecule has 0 atom stereocenters. The summed E-state index contributed by atoms with van der Waals surface area (Å²) in [6.07, 6.45) is 2.00. The van der Waals surface area contributed by atoms with Gasteiger partial charge in [0.15, 0.2) is 0 Å². The van der Waals surface area contributed by atoms with Gasteiger partial charge in [0.1, 0.15) is 0 Å². The molecule has 0 aliphatic carbocycles. The monoisotopic (exact) mass is 231 g/mol. The van der Waals surface area contributed by atoms with Crippen molar-refractivity contribution >= 4 is 16.9 Å². The Bertz CT molecular complexity index is 530. The van der Waals surface area contributed by atoms with E-state index in [9.17, 15) is 4.79 Å². The van der Waals surface area contributed by atoms with Crippen molar-refractivity contribution in [3.8, 4) is 0 Å². The number of fused-ring (bicyclic) bond motifs is 1. The van der Waals surface area contributed by atoms with Crippen LogP contribution in [0.2, 0.25) is 0 Å². The molecule has 4 heteroatoms. The fourth-order valence-electron chi connectivity index (χ4n) is 1.89. The van der Waals surface area contributed by atoms with Gasteiger partial charge in [-0.15, -0.1) is 0 Å². The lowest BCUT2D eigenvalue weighted by Crippen LogP contribution is -2.37. The van der Waals surface area contributed by atoms with Crippen LogP contribution in [-0.4, -0.2) is 41.5 Å². The first-order valence-corrected chi connectivity index (χ1v) is 5.56. The predicted octanol–water partition coefficient (Wildman–Crippen LogP) is 2.21. The van der Waals surface area contributed by atoms with Crippen LogP contribution in [0.1, 0.15) is 0 Å². The van der Waals surface area contributed by atoms with E-state index in [1.54, 1.807) is 30.9 Å². The van der Waals surface area contributed by atoms with Gasteiger partial charge in [0, 0.05) is 32.9 Å². The molecule has 90 valence electrons. The fraction of sp³-hybridized carbons (Fsp3) is 0.308. The molecule has 17 heavy (non-hydrogen) atoms. The van der Waals surface area contributed by atoms with E-state index < -0.39 is 0 Å². The minimum Gasteiger partial charge on any atom is -0.331 e. The van der Waals surface area contributed by atoms with Crippen molar-refractivity contribution in [1.82, 2.24) is 14.4 Å². The lowest BCUT2D eigenvalue weighted by molar-refractivity contribution is 0.171. The van der Waals surface area contributed by atoms with Gasteiger partial charge in [-0.3, -0.25) is 0 Å². The molecule has 0 aliphatic rings. The molecule has 0 unspecified atom stereocenters. The molecule has 0 aliphatic heterocycles. The van der Waals surface area contributed by atoms with Crippen molar-refractivity contribution in [2.45, 2.75) is 6.67 Å². The number of para-hydroxylation sites is 1. The van der Waals surface area contributed by atoms with Crippen LogP contribution in [0.3, 0.4) is 0 Å². The van der Waals surface area contributed by atoms with E-state index in [1.165, 1.54) is 5.39 Å². The molecule has 1 aromatic heterocycles. The molecular weight excluding hydrogens is 214 g/mol. The Kier molecular flexibility index (Phi) is 3.04. The molecule has 0 radical (unpaired) electrons. The van der Waals surface area contributed by atoms with Crippen molar-refractivity contribution in [1.29, 1.82) is 0 Å². The standard InChI is InChI=1S/C13H17N3O/c1-14(2)13(17)15(3)10-16-9-8-11-6-4-5-7-12(11)16/h4-9H,10H2,1-3H3. The molecule has 2 rings (SSSR count). The number of aromatic nitrogens is 1. The molecule has 4 nitrogen and oxygen atoms in total. The molecule has 2 amide bonds. The van der Waals surface area contributed by atoms with Crippen LogP contribution in [0.4, 0.5) is 4.79 Å². The number of urea groups is 1. The summed E-state index contributed by atoms with van der Waals surface area (Å²) in [6.45, 7) is 0.560. The zero-order valence-corrected chi connectivity index (χ0v) is 10.4. The van der Waals surface area contributed by atoms with Gasteiger partial charge in [-0.25, -0.2) is 4.79 Å². The number of hydrogen-bond donors (Lipinski definition) is 0. The summed E-state index contributed by atoms with van der Waals surface area (Å²) in [6, 6.07) is 10.2. The van der Waals surface area contributed by atoms with Crippen LogP contribution in [0.5, 0.6) is 0 Å². The number of rotatable bonds is 2. The number of carbonyl (C=O) groups is 1. The maximum Gasteiger partial charge on any atom is 0.320 e. The Balaban J connectivity index is 2.21. The average molecular weight is 231 g/mol. The van der Waals surface area contributed by atoms with Gasteiger partial charge in [-0.2, -0.15) is 0 Å². The summed E-state index contributed by atoms with van der Waals surface area (Å²) in [7, 11) is 5.32.